The lowest BCUT2D eigenvalue weighted by atomic mass is 9.94. The lowest BCUT2D eigenvalue weighted by molar-refractivity contribution is -0.121. The first-order valence-electron chi connectivity index (χ1n) is 7.80. The number of carbonyl (C=O) groups excluding carboxylic acids is 1. The van der Waals surface area contributed by atoms with Crippen LogP contribution in [0.3, 0.4) is 0 Å². The van der Waals surface area contributed by atoms with Crippen molar-refractivity contribution in [2.45, 2.75) is 32.2 Å². The average Bonchev–Trinajstić information content (AvgIpc) is 2.55. The molecule has 0 radical (unpaired) electrons. The second-order valence-electron chi connectivity index (χ2n) is 5.87. The van der Waals surface area contributed by atoms with Crippen molar-refractivity contribution in [1.29, 1.82) is 5.26 Å². The standard InChI is InChI=1S/C17H23N3O2/c1-13(20-8-3-5-14(12-20)7-9-21)17(22)19-16-6-2-4-15(10-16)11-18/h2,4,6,10,13-14,21H,3,5,7-9,12H2,1H3,(H,19,22). The van der Waals surface area contributed by atoms with Gasteiger partial charge in [-0.15, -0.1) is 0 Å². The number of amides is 1. The third-order valence-corrected chi connectivity index (χ3v) is 4.27. The highest BCUT2D eigenvalue weighted by Crippen LogP contribution is 2.21. The van der Waals surface area contributed by atoms with Gasteiger partial charge in [0.05, 0.1) is 17.7 Å². The Labute approximate surface area is 131 Å². The summed E-state index contributed by atoms with van der Waals surface area (Å²) in [7, 11) is 0. The van der Waals surface area contributed by atoms with Gasteiger partial charge in [0.2, 0.25) is 5.91 Å². The van der Waals surface area contributed by atoms with E-state index in [2.05, 4.69) is 16.3 Å². The summed E-state index contributed by atoms with van der Waals surface area (Å²) in [4.78, 5) is 14.6. The highest BCUT2D eigenvalue weighted by Gasteiger charge is 2.27. The molecule has 1 aliphatic heterocycles. The topological polar surface area (TPSA) is 76.4 Å². The van der Waals surface area contributed by atoms with E-state index in [1.165, 1.54) is 0 Å². The lowest BCUT2D eigenvalue weighted by Gasteiger charge is -2.36. The number of nitriles is 1. The predicted molar refractivity (Wildman–Crippen MR) is 85.2 cm³/mol. The van der Waals surface area contributed by atoms with Crippen LogP contribution in [0.25, 0.3) is 0 Å². The molecule has 2 N–H and O–H groups in total. The van der Waals surface area contributed by atoms with E-state index in [9.17, 15) is 4.79 Å². The number of anilines is 1. The highest BCUT2D eigenvalue weighted by atomic mass is 16.3. The zero-order valence-electron chi connectivity index (χ0n) is 13.0. The third-order valence-electron chi connectivity index (χ3n) is 4.27. The number of piperidine rings is 1. The van der Waals surface area contributed by atoms with E-state index in [1.807, 2.05) is 6.92 Å². The van der Waals surface area contributed by atoms with Crippen LogP contribution < -0.4 is 5.32 Å². The summed E-state index contributed by atoms with van der Waals surface area (Å²) >= 11 is 0. The van der Waals surface area contributed by atoms with Crippen LogP contribution in [0.2, 0.25) is 0 Å². The molecule has 118 valence electrons. The summed E-state index contributed by atoms with van der Waals surface area (Å²) in [5.41, 5.74) is 1.19. The summed E-state index contributed by atoms with van der Waals surface area (Å²) < 4.78 is 0. The summed E-state index contributed by atoms with van der Waals surface area (Å²) in [5, 5.41) is 20.8. The number of nitrogens with zero attached hydrogens (tertiary/aromatic N) is 2. The minimum Gasteiger partial charge on any atom is -0.396 e. The minimum atomic E-state index is -0.216. The molecule has 1 heterocycles. The Morgan fingerprint density at radius 3 is 3.14 bits per heavy atom. The van der Waals surface area contributed by atoms with Crippen LogP contribution in [-0.2, 0) is 4.79 Å². The molecule has 5 heteroatoms. The Hall–Kier alpha value is -1.90. The summed E-state index contributed by atoms with van der Waals surface area (Å²) in [6, 6.07) is 8.79. The quantitative estimate of drug-likeness (QED) is 0.872. The Balaban J connectivity index is 1.95. The van der Waals surface area contributed by atoms with Crippen molar-refractivity contribution in [3.05, 3.63) is 29.8 Å². The van der Waals surface area contributed by atoms with Crippen molar-refractivity contribution in [2.24, 2.45) is 5.92 Å². The summed E-state index contributed by atoms with van der Waals surface area (Å²) in [6.45, 7) is 3.88. The number of rotatable bonds is 5. The van der Waals surface area contributed by atoms with E-state index in [0.717, 1.165) is 32.4 Å². The number of nitrogens with one attached hydrogen (secondary N) is 1. The molecule has 5 nitrogen and oxygen atoms in total. The molecule has 0 aliphatic carbocycles. The fourth-order valence-electron chi connectivity index (χ4n) is 2.95. The average molecular weight is 301 g/mol. The number of aliphatic hydroxyl groups is 1. The van der Waals surface area contributed by atoms with Gasteiger partial charge in [-0.3, -0.25) is 9.69 Å². The van der Waals surface area contributed by atoms with Gasteiger partial charge in [0, 0.05) is 18.8 Å². The molecular formula is C17H23N3O2. The molecule has 1 fully saturated rings. The van der Waals surface area contributed by atoms with Crippen molar-refractivity contribution < 1.29 is 9.90 Å². The van der Waals surface area contributed by atoms with Gasteiger partial charge in [-0.2, -0.15) is 5.26 Å². The summed E-state index contributed by atoms with van der Waals surface area (Å²) in [6.07, 6.45) is 2.98. The van der Waals surface area contributed by atoms with E-state index in [4.69, 9.17) is 10.4 Å². The number of aliphatic hydroxyl groups excluding tert-OH is 1. The number of carbonyl (C=O) groups is 1. The first kappa shape index (κ1) is 16.5. The van der Waals surface area contributed by atoms with E-state index in [0.29, 0.717) is 17.2 Å². The van der Waals surface area contributed by atoms with E-state index < -0.39 is 0 Å². The van der Waals surface area contributed by atoms with Crippen molar-refractivity contribution in [3.8, 4) is 6.07 Å². The zero-order chi connectivity index (χ0) is 15.9. The maximum absolute atomic E-state index is 12.4. The Bertz CT molecular complexity index is 551. The van der Waals surface area contributed by atoms with Crippen molar-refractivity contribution in [1.82, 2.24) is 4.90 Å². The zero-order valence-corrected chi connectivity index (χ0v) is 13.0. The molecule has 1 amide bonds. The molecule has 1 aromatic rings. The SMILES string of the molecule is CC(C(=O)Nc1cccc(C#N)c1)N1CCCC(CCO)C1. The van der Waals surface area contributed by atoms with Crippen LogP contribution in [0.1, 0.15) is 31.7 Å². The number of benzene rings is 1. The van der Waals surface area contributed by atoms with Crippen LogP contribution in [0.15, 0.2) is 24.3 Å². The molecule has 1 saturated heterocycles. The molecule has 0 spiro atoms. The fraction of sp³-hybridized carbons (Fsp3) is 0.529. The summed E-state index contributed by atoms with van der Waals surface area (Å²) in [5.74, 6) is 0.413. The van der Waals surface area contributed by atoms with Crippen LogP contribution in [-0.4, -0.2) is 41.7 Å². The first-order chi connectivity index (χ1) is 10.6. The van der Waals surface area contributed by atoms with Gasteiger partial charge in [-0.1, -0.05) is 6.07 Å². The van der Waals surface area contributed by atoms with Crippen LogP contribution >= 0.6 is 0 Å². The molecule has 0 bridgehead atoms. The first-order valence-corrected chi connectivity index (χ1v) is 7.80. The largest absolute Gasteiger partial charge is 0.396 e. The molecule has 22 heavy (non-hydrogen) atoms. The molecule has 0 aromatic heterocycles. The predicted octanol–water partition coefficient (Wildman–Crippen LogP) is 1.98. The Morgan fingerprint density at radius 2 is 2.41 bits per heavy atom. The molecule has 1 aromatic carbocycles. The van der Waals surface area contributed by atoms with Crippen LogP contribution in [0.4, 0.5) is 5.69 Å². The van der Waals surface area contributed by atoms with Crippen molar-refractivity contribution in [3.63, 3.8) is 0 Å². The normalized spacial score (nSPS) is 20.1. The van der Waals surface area contributed by atoms with Gasteiger partial charge in [0.1, 0.15) is 0 Å². The highest BCUT2D eigenvalue weighted by molar-refractivity contribution is 5.94. The monoisotopic (exact) mass is 301 g/mol. The molecule has 1 aliphatic rings. The number of likely N-dealkylation sites (tertiary alicyclic amines) is 1. The van der Waals surface area contributed by atoms with E-state index in [1.54, 1.807) is 24.3 Å². The molecule has 2 rings (SSSR count). The van der Waals surface area contributed by atoms with E-state index >= 15 is 0 Å². The maximum atomic E-state index is 12.4. The van der Waals surface area contributed by atoms with Gasteiger partial charge >= 0.3 is 0 Å². The van der Waals surface area contributed by atoms with Gasteiger partial charge in [0.25, 0.3) is 0 Å². The van der Waals surface area contributed by atoms with Gasteiger partial charge in [0.15, 0.2) is 0 Å². The van der Waals surface area contributed by atoms with Crippen LogP contribution in [0.5, 0.6) is 0 Å². The second-order valence-corrected chi connectivity index (χ2v) is 5.87. The minimum absolute atomic E-state index is 0.0558. The fourth-order valence-corrected chi connectivity index (χ4v) is 2.95. The second kappa shape index (κ2) is 7.92. The maximum Gasteiger partial charge on any atom is 0.241 e. The van der Waals surface area contributed by atoms with Crippen molar-refractivity contribution >= 4 is 11.6 Å². The van der Waals surface area contributed by atoms with Gasteiger partial charge in [-0.05, 0) is 56.8 Å². The molecule has 0 saturated carbocycles. The van der Waals surface area contributed by atoms with Gasteiger partial charge in [-0.25, -0.2) is 0 Å². The smallest absolute Gasteiger partial charge is 0.241 e. The molecule has 2 atom stereocenters. The molecular weight excluding hydrogens is 278 g/mol. The molecule has 2 unspecified atom stereocenters. The van der Waals surface area contributed by atoms with Crippen LogP contribution in [0, 0.1) is 17.2 Å². The van der Waals surface area contributed by atoms with Gasteiger partial charge < -0.3 is 10.4 Å². The number of hydrogen-bond donors (Lipinski definition) is 2. The van der Waals surface area contributed by atoms with E-state index in [-0.39, 0.29) is 18.6 Å². The lowest BCUT2D eigenvalue weighted by Crippen LogP contribution is -2.47. The number of hydrogen-bond acceptors (Lipinski definition) is 4. The third kappa shape index (κ3) is 4.30. The van der Waals surface area contributed by atoms with Crippen molar-refractivity contribution in [2.75, 3.05) is 25.0 Å². The Kier molecular flexibility index (Phi) is 5.93. The Morgan fingerprint density at radius 1 is 1.59 bits per heavy atom.